The lowest BCUT2D eigenvalue weighted by molar-refractivity contribution is -0.119. The number of ether oxygens (including phenoxy) is 2. The zero-order chi connectivity index (χ0) is 20.7. The average Bonchev–Trinajstić information content (AvgIpc) is 2.67. The van der Waals surface area contributed by atoms with Crippen LogP contribution in [0.2, 0.25) is 0 Å². The molecule has 3 atom stereocenters. The Morgan fingerprint density at radius 1 is 1.21 bits per heavy atom. The number of methoxy groups -OCH3 is 1. The van der Waals surface area contributed by atoms with E-state index in [9.17, 15) is 9.59 Å². The van der Waals surface area contributed by atoms with Gasteiger partial charge >= 0.3 is 0 Å². The summed E-state index contributed by atoms with van der Waals surface area (Å²) in [6, 6.07) is 4.90. The van der Waals surface area contributed by atoms with E-state index in [1.165, 1.54) is 26.0 Å². The van der Waals surface area contributed by atoms with Gasteiger partial charge in [0, 0.05) is 11.6 Å². The third-order valence-corrected chi connectivity index (χ3v) is 5.33. The zero-order valence-electron chi connectivity index (χ0n) is 16.4. The molecule has 0 heterocycles. The van der Waals surface area contributed by atoms with Gasteiger partial charge in [-0.2, -0.15) is 0 Å². The number of primary amides is 1. The number of nitrogens with two attached hydrogens (primary N) is 1. The number of benzene rings is 1. The normalized spacial score (nSPS) is 21.3. The lowest BCUT2D eigenvalue weighted by atomic mass is 9.78. The summed E-state index contributed by atoms with van der Waals surface area (Å²) >= 11 is 5.30. The molecule has 2 rings (SSSR count). The van der Waals surface area contributed by atoms with Crippen molar-refractivity contribution in [3.63, 3.8) is 0 Å². The van der Waals surface area contributed by atoms with Crippen molar-refractivity contribution in [3.8, 4) is 11.5 Å². The number of nitrogens with one attached hydrogen (secondary N) is 3. The third kappa shape index (κ3) is 5.98. The Morgan fingerprint density at radius 2 is 1.96 bits per heavy atom. The van der Waals surface area contributed by atoms with Gasteiger partial charge in [0.1, 0.15) is 0 Å². The number of amides is 2. The fourth-order valence-electron chi connectivity index (χ4n) is 3.25. The molecule has 9 heteroatoms. The van der Waals surface area contributed by atoms with E-state index >= 15 is 0 Å². The number of carbonyl (C=O) groups excluding carboxylic acids is 2. The number of rotatable bonds is 6. The van der Waals surface area contributed by atoms with E-state index in [0.717, 1.165) is 6.42 Å². The second-order valence-corrected chi connectivity index (χ2v) is 7.46. The van der Waals surface area contributed by atoms with E-state index in [1.807, 2.05) is 0 Å². The van der Waals surface area contributed by atoms with Crippen LogP contribution in [0.15, 0.2) is 18.2 Å². The van der Waals surface area contributed by atoms with Crippen molar-refractivity contribution in [1.29, 1.82) is 0 Å². The van der Waals surface area contributed by atoms with Crippen molar-refractivity contribution in [2.24, 2.45) is 17.6 Å². The summed E-state index contributed by atoms with van der Waals surface area (Å²) in [5.41, 5.74) is 10.7. The minimum absolute atomic E-state index is 0.276. The second kappa shape index (κ2) is 10.1. The van der Waals surface area contributed by atoms with Crippen molar-refractivity contribution in [3.05, 3.63) is 23.8 Å². The molecule has 1 saturated carbocycles. The molecule has 154 valence electrons. The molecule has 0 spiro atoms. The molecular weight excluding hydrogens is 380 g/mol. The number of thiocarbonyl (C=S) groups is 1. The number of hydrogen-bond donors (Lipinski definition) is 4. The van der Waals surface area contributed by atoms with Crippen LogP contribution >= 0.6 is 12.2 Å². The zero-order valence-corrected chi connectivity index (χ0v) is 17.2. The SMILES string of the molecule is COc1cc(C(=O)NNC(=S)N[C@H]2CCC[C@H](C)[C@H]2C)ccc1OCC(N)=O. The minimum atomic E-state index is -0.601. The number of hydrazine groups is 1. The maximum atomic E-state index is 12.4. The maximum Gasteiger partial charge on any atom is 0.269 e. The van der Waals surface area contributed by atoms with Crippen molar-refractivity contribution >= 4 is 29.1 Å². The highest BCUT2D eigenvalue weighted by molar-refractivity contribution is 7.80. The Morgan fingerprint density at radius 3 is 2.64 bits per heavy atom. The molecule has 0 bridgehead atoms. The molecule has 0 radical (unpaired) electrons. The molecule has 1 aromatic rings. The van der Waals surface area contributed by atoms with Crippen molar-refractivity contribution in [1.82, 2.24) is 16.2 Å². The summed E-state index contributed by atoms with van der Waals surface area (Å²) in [6.45, 7) is 4.19. The monoisotopic (exact) mass is 408 g/mol. The molecule has 8 nitrogen and oxygen atoms in total. The van der Waals surface area contributed by atoms with E-state index in [0.29, 0.717) is 40.1 Å². The van der Waals surface area contributed by atoms with Gasteiger partial charge in [0.2, 0.25) is 0 Å². The molecule has 1 fully saturated rings. The third-order valence-electron chi connectivity index (χ3n) is 5.11. The Balaban J connectivity index is 1.89. The molecule has 1 aromatic carbocycles. The predicted molar refractivity (Wildman–Crippen MR) is 110 cm³/mol. The molecule has 5 N–H and O–H groups in total. The molecule has 0 aromatic heterocycles. The van der Waals surface area contributed by atoms with Gasteiger partial charge in [-0.3, -0.25) is 20.4 Å². The van der Waals surface area contributed by atoms with Crippen LogP contribution in [-0.2, 0) is 4.79 Å². The number of hydrogen-bond acceptors (Lipinski definition) is 5. The molecular formula is C19H28N4O4S. The molecule has 28 heavy (non-hydrogen) atoms. The van der Waals surface area contributed by atoms with Gasteiger partial charge in [-0.25, -0.2) is 0 Å². The van der Waals surface area contributed by atoms with Gasteiger partial charge in [0.15, 0.2) is 23.2 Å². The molecule has 1 aliphatic carbocycles. The Hall–Kier alpha value is -2.55. The van der Waals surface area contributed by atoms with Crippen LogP contribution in [0.3, 0.4) is 0 Å². The van der Waals surface area contributed by atoms with Gasteiger partial charge in [-0.15, -0.1) is 0 Å². The van der Waals surface area contributed by atoms with Crippen molar-refractivity contribution < 1.29 is 19.1 Å². The minimum Gasteiger partial charge on any atom is -0.493 e. The highest BCUT2D eigenvalue weighted by Gasteiger charge is 2.27. The lowest BCUT2D eigenvalue weighted by Crippen LogP contribution is -2.52. The van der Waals surface area contributed by atoms with Gasteiger partial charge in [-0.05, 0) is 48.7 Å². The molecule has 0 saturated heterocycles. The van der Waals surface area contributed by atoms with Crippen LogP contribution in [0.25, 0.3) is 0 Å². The van der Waals surface area contributed by atoms with Crippen LogP contribution in [0, 0.1) is 11.8 Å². The van der Waals surface area contributed by atoms with Crippen molar-refractivity contribution in [2.45, 2.75) is 39.2 Å². The molecule has 0 aliphatic heterocycles. The highest BCUT2D eigenvalue weighted by atomic mass is 32.1. The average molecular weight is 409 g/mol. The largest absolute Gasteiger partial charge is 0.493 e. The standard InChI is InChI=1S/C19H28N4O4S/c1-11-5-4-6-14(12(11)2)21-19(28)23-22-18(25)13-7-8-15(16(9-13)26-3)27-10-17(20)24/h7-9,11-12,14H,4-6,10H2,1-3H3,(H2,20,24)(H,22,25)(H2,21,23,28)/t11-,12+,14-/m0/s1. The van der Waals surface area contributed by atoms with Crippen LogP contribution in [0.1, 0.15) is 43.5 Å². The fourth-order valence-corrected chi connectivity index (χ4v) is 3.46. The van der Waals surface area contributed by atoms with Crippen LogP contribution in [0.4, 0.5) is 0 Å². The Bertz CT molecular complexity index is 728. The quantitative estimate of drug-likeness (QED) is 0.416. The first-order chi connectivity index (χ1) is 13.3. The van der Waals surface area contributed by atoms with Gasteiger partial charge in [-0.1, -0.05) is 26.7 Å². The van der Waals surface area contributed by atoms with Crippen molar-refractivity contribution in [2.75, 3.05) is 13.7 Å². The van der Waals surface area contributed by atoms with E-state index in [1.54, 1.807) is 12.1 Å². The Labute approximate surface area is 170 Å². The van der Waals surface area contributed by atoms with Gasteiger partial charge in [0.25, 0.3) is 11.8 Å². The topological polar surface area (TPSA) is 115 Å². The first kappa shape index (κ1) is 21.7. The van der Waals surface area contributed by atoms with Crippen LogP contribution in [-0.4, -0.2) is 36.7 Å². The van der Waals surface area contributed by atoms with Crippen LogP contribution in [0.5, 0.6) is 11.5 Å². The first-order valence-corrected chi connectivity index (χ1v) is 9.68. The van der Waals surface area contributed by atoms with Gasteiger partial charge in [0.05, 0.1) is 7.11 Å². The summed E-state index contributed by atoms with van der Waals surface area (Å²) < 4.78 is 10.4. The molecule has 1 aliphatic rings. The fraction of sp³-hybridized carbons (Fsp3) is 0.526. The lowest BCUT2D eigenvalue weighted by Gasteiger charge is -2.35. The highest BCUT2D eigenvalue weighted by Crippen LogP contribution is 2.29. The summed E-state index contributed by atoms with van der Waals surface area (Å²) in [4.78, 5) is 23.2. The summed E-state index contributed by atoms with van der Waals surface area (Å²) in [6.07, 6.45) is 3.46. The number of carbonyl (C=O) groups is 2. The van der Waals surface area contributed by atoms with E-state index in [2.05, 4.69) is 30.0 Å². The smallest absolute Gasteiger partial charge is 0.269 e. The van der Waals surface area contributed by atoms with E-state index in [-0.39, 0.29) is 12.5 Å². The Kier molecular flexibility index (Phi) is 7.86. The van der Waals surface area contributed by atoms with Crippen LogP contribution < -0.4 is 31.4 Å². The molecule has 2 amide bonds. The molecule has 0 unspecified atom stereocenters. The van der Waals surface area contributed by atoms with E-state index in [4.69, 9.17) is 27.4 Å². The summed E-state index contributed by atoms with van der Waals surface area (Å²) in [7, 11) is 1.44. The van der Waals surface area contributed by atoms with E-state index < -0.39 is 5.91 Å². The summed E-state index contributed by atoms with van der Waals surface area (Å²) in [5, 5.41) is 3.66. The van der Waals surface area contributed by atoms with Gasteiger partial charge < -0.3 is 20.5 Å². The maximum absolute atomic E-state index is 12.4. The second-order valence-electron chi connectivity index (χ2n) is 7.05. The predicted octanol–water partition coefficient (Wildman–Crippen LogP) is 1.49. The summed E-state index contributed by atoms with van der Waals surface area (Å²) in [5.74, 6) is 0.820. The first-order valence-electron chi connectivity index (χ1n) is 9.27.